The number of benzene rings is 1. The molecule has 1 aliphatic heterocycles. The highest BCUT2D eigenvalue weighted by Gasteiger charge is 2.34. The van der Waals surface area contributed by atoms with Crippen molar-refractivity contribution in [3.05, 3.63) is 29.5 Å². The zero-order chi connectivity index (χ0) is 22.8. The molecule has 8 heteroatoms. The Morgan fingerprint density at radius 2 is 1.97 bits per heavy atom. The summed E-state index contributed by atoms with van der Waals surface area (Å²) < 4.78 is 15.9. The predicted molar refractivity (Wildman–Crippen MR) is 118 cm³/mol. The van der Waals surface area contributed by atoms with Gasteiger partial charge in [0.25, 0.3) is 0 Å². The van der Waals surface area contributed by atoms with E-state index in [1.807, 2.05) is 6.07 Å². The third-order valence-corrected chi connectivity index (χ3v) is 5.53. The molecule has 31 heavy (non-hydrogen) atoms. The van der Waals surface area contributed by atoms with Gasteiger partial charge in [-0.05, 0) is 36.1 Å². The molecule has 0 bridgehead atoms. The molecule has 1 aromatic rings. The first-order valence-corrected chi connectivity index (χ1v) is 10.9. The van der Waals surface area contributed by atoms with Crippen LogP contribution in [0.3, 0.4) is 0 Å². The summed E-state index contributed by atoms with van der Waals surface area (Å²) in [6, 6.07) is 5.36. The lowest BCUT2D eigenvalue weighted by Crippen LogP contribution is -2.40. The molecule has 0 radical (unpaired) electrons. The van der Waals surface area contributed by atoms with Gasteiger partial charge in [0.1, 0.15) is 0 Å². The molecule has 1 aromatic carbocycles. The first kappa shape index (κ1) is 25.0. The molecule has 0 aromatic heterocycles. The molecule has 0 aliphatic carbocycles. The first-order chi connectivity index (χ1) is 14.9. The third-order valence-electron chi connectivity index (χ3n) is 5.53. The van der Waals surface area contributed by atoms with Gasteiger partial charge in [-0.1, -0.05) is 39.2 Å². The predicted octanol–water partition coefficient (Wildman–Crippen LogP) is 2.69. The van der Waals surface area contributed by atoms with E-state index in [4.69, 9.17) is 14.2 Å². The fourth-order valence-corrected chi connectivity index (χ4v) is 3.50. The van der Waals surface area contributed by atoms with Gasteiger partial charge in [-0.25, -0.2) is 4.90 Å². The Kier molecular flexibility index (Phi) is 10.1. The number of hydrogen-bond acceptors (Lipinski definition) is 8. The average Bonchev–Trinajstić information content (AvgIpc) is 3.04. The van der Waals surface area contributed by atoms with Crippen molar-refractivity contribution in [2.45, 2.75) is 58.5 Å². The molecule has 1 saturated heterocycles. The molecule has 0 saturated carbocycles. The standard InChI is InChI=1S/C23H36N2O6/c1-5-7-8-16(6-2)15-31-21(26)11-12-25-22(27)18(24-23(25)28)13-17-9-10-19(29-3)20(14-17)30-4/h9-10,13-14,16,22-24,27-28H,5-8,11-12,15H2,1-4H3. The minimum Gasteiger partial charge on any atom is -0.493 e. The highest BCUT2D eigenvalue weighted by Crippen LogP contribution is 2.29. The van der Waals surface area contributed by atoms with Crippen molar-refractivity contribution in [1.29, 1.82) is 0 Å². The maximum Gasteiger partial charge on any atom is 0.307 e. The molecular weight excluding hydrogens is 400 g/mol. The number of nitrogens with zero attached hydrogens (tertiary/aromatic N) is 1. The largest absolute Gasteiger partial charge is 0.493 e. The van der Waals surface area contributed by atoms with Crippen LogP contribution in [0.5, 0.6) is 11.5 Å². The number of rotatable bonds is 12. The third kappa shape index (κ3) is 7.12. The normalized spacial score (nSPS) is 21.0. The Labute approximate surface area is 184 Å². The quantitative estimate of drug-likeness (QED) is 0.430. The van der Waals surface area contributed by atoms with E-state index in [9.17, 15) is 15.0 Å². The van der Waals surface area contributed by atoms with E-state index in [0.717, 1.165) is 31.2 Å². The van der Waals surface area contributed by atoms with Crippen LogP contribution in [0.1, 0.15) is 51.5 Å². The van der Waals surface area contributed by atoms with E-state index in [1.165, 1.54) is 4.90 Å². The number of carbonyl (C=O) groups excluding carboxylic acids is 1. The Morgan fingerprint density at radius 1 is 1.23 bits per heavy atom. The number of ether oxygens (including phenoxy) is 3. The molecule has 0 amide bonds. The van der Waals surface area contributed by atoms with Gasteiger partial charge in [0.05, 0.1) is 32.9 Å². The highest BCUT2D eigenvalue weighted by atomic mass is 16.5. The van der Waals surface area contributed by atoms with Crippen molar-refractivity contribution in [2.24, 2.45) is 5.92 Å². The van der Waals surface area contributed by atoms with Gasteiger partial charge in [-0.15, -0.1) is 0 Å². The molecule has 1 aliphatic rings. The Hall–Kier alpha value is -2.29. The molecule has 174 valence electrons. The van der Waals surface area contributed by atoms with Crippen LogP contribution in [-0.4, -0.2) is 61.0 Å². The maximum absolute atomic E-state index is 12.1. The molecule has 3 atom stereocenters. The van der Waals surface area contributed by atoms with E-state index < -0.39 is 12.6 Å². The summed E-state index contributed by atoms with van der Waals surface area (Å²) in [5.74, 6) is 1.22. The van der Waals surface area contributed by atoms with E-state index in [-0.39, 0.29) is 18.9 Å². The molecule has 8 nitrogen and oxygen atoms in total. The fourth-order valence-electron chi connectivity index (χ4n) is 3.50. The Bertz CT molecular complexity index is 739. The summed E-state index contributed by atoms with van der Waals surface area (Å²) in [6.07, 6.45) is 3.93. The van der Waals surface area contributed by atoms with Crippen LogP contribution in [0.15, 0.2) is 23.9 Å². The molecule has 1 heterocycles. The van der Waals surface area contributed by atoms with Crippen LogP contribution < -0.4 is 14.8 Å². The topological polar surface area (TPSA) is 100 Å². The van der Waals surface area contributed by atoms with Crippen LogP contribution in [0, 0.1) is 5.92 Å². The van der Waals surface area contributed by atoms with E-state index in [0.29, 0.717) is 29.7 Å². The molecule has 0 spiro atoms. The smallest absolute Gasteiger partial charge is 0.307 e. The SMILES string of the molecule is CCCCC(CC)COC(=O)CCN1C(O)NC(=Cc2ccc(OC)c(OC)c2)C1O. The summed E-state index contributed by atoms with van der Waals surface area (Å²) in [6.45, 7) is 4.84. The number of nitrogens with one attached hydrogen (secondary N) is 1. The summed E-state index contributed by atoms with van der Waals surface area (Å²) in [7, 11) is 3.11. The number of carbonyl (C=O) groups is 1. The minimum atomic E-state index is -1.10. The fraction of sp³-hybridized carbons (Fsp3) is 0.609. The molecule has 1 fully saturated rings. The minimum absolute atomic E-state index is 0.0870. The van der Waals surface area contributed by atoms with E-state index in [2.05, 4.69) is 19.2 Å². The van der Waals surface area contributed by atoms with Crippen molar-refractivity contribution in [1.82, 2.24) is 10.2 Å². The summed E-state index contributed by atoms with van der Waals surface area (Å²) in [5, 5.41) is 23.7. The van der Waals surface area contributed by atoms with Gasteiger partial charge < -0.3 is 29.7 Å². The van der Waals surface area contributed by atoms with Crippen LogP contribution >= 0.6 is 0 Å². The first-order valence-electron chi connectivity index (χ1n) is 10.9. The number of hydrogen-bond donors (Lipinski definition) is 3. The molecule has 3 unspecified atom stereocenters. The maximum atomic E-state index is 12.1. The van der Waals surface area contributed by atoms with Crippen LogP contribution in [0.2, 0.25) is 0 Å². The Balaban J connectivity index is 1.91. The molecule has 2 rings (SSSR count). The number of methoxy groups -OCH3 is 2. The van der Waals surface area contributed by atoms with Gasteiger partial charge in [-0.3, -0.25) is 4.79 Å². The van der Waals surface area contributed by atoms with Crippen molar-refractivity contribution in [3.8, 4) is 11.5 Å². The lowest BCUT2D eigenvalue weighted by molar-refractivity contribution is -0.146. The van der Waals surface area contributed by atoms with Crippen LogP contribution in [0.4, 0.5) is 0 Å². The van der Waals surface area contributed by atoms with Crippen LogP contribution in [-0.2, 0) is 9.53 Å². The second-order valence-corrected chi connectivity index (χ2v) is 7.69. The molecule has 3 N–H and O–H groups in total. The zero-order valence-corrected chi connectivity index (χ0v) is 19.0. The number of aliphatic hydroxyl groups excluding tert-OH is 2. The van der Waals surface area contributed by atoms with E-state index in [1.54, 1.807) is 32.4 Å². The molecular formula is C23H36N2O6. The van der Waals surface area contributed by atoms with Crippen molar-refractivity contribution >= 4 is 12.0 Å². The van der Waals surface area contributed by atoms with Crippen LogP contribution in [0.25, 0.3) is 6.08 Å². The van der Waals surface area contributed by atoms with Crippen molar-refractivity contribution < 1.29 is 29.2 Å². The summed E-state index contributed by atoms with van der Waals surface area (Å²) in [5.41, 5.74) is 1.20. The lowest BCUT2D eigenvalue weighted by Gasteiger charge is -2.21. The van der Waals surface area contributed by atoms with Gasteiger partial charge in [-0.2, -0.15) is 0 Å². The van der Waals surface area contributed by atoms with Gasteiger partial charge in [0.2, 0.25) is 0 Å². The lowest BCUT2D eigenvalue weighted by atomic mass is 10.0. The van der Waals surface area contributed by atoms with Gasteiger partial charge >= 0.3 is 5.97 Å². The van der Waals surface area contributed by atoms with Crippen molar-refractivity contribution in [3.63, 3.8) is 0 Å². The zero-order valence-electron chi connectivity index (χ0n) is 19.0. The summed E-state index contributed by atoms with van der Waals surface area (Å²) in [4.78, 5) is 13.5. The number of aliphatic hydroxyl groups is 2. The second-order valence-electron chi connectivity index (χ2n) is 7.69. The Morgan fingerprint density at radius 3 is 2.61 bits per heavy atom. The second kappa shape index (κ2) is 12.5. The average molecular weight is 437 g/mol. The monoisotopic (exact) mass is 436 g/mol. The summed E-state index contributed by atoms with van der Waals surface area (Å²) >= 11 is 0. The van der Waals surface area contributed by atoms with Gasteiger partial charge in [0, 0.05) is 6.54 Å². The number of unbranched alkanes of at least 4 members (excludes halogenated alkanes) is 1. The highest BCUT2D eigenvalue weighted by molar-refractivity contribution is 5.69. The van der Waals surface area contributed by atoms with Gasteiger partial charge in [0.15, 0.2) is 24.1 Å². The van der Waals surface area contributed by atoms with Crippen molar-refractivity contribution in [2.75, 3.05) is 27.4 Å². The van der Waals surface area contributed by atoms with E-state index >= 15 is 0 Å². The number of esters is 1.